The van der Waals surface area contributed by atoms with Crippen molar-refractivity contribution in [2.75, 3.05) is 7.11 Å². The second-order valence-corrected chi connectivity index (χ2v) is 3.19. The summed E-state index contributed by atoms with van der Waals surface area (Å²) in [5, 5.41) is 18.1. The maximum absolute atomic E-state index is 8.89. The van der Waals surface area contributed by atoms with Crippen molar-refractivity contribution < 1.29 is 14.9 Å². The van der Waals surface area contributed by atoms with Gasteiger partial charge in [0.1, 0.15) is 5.75 Å². The predicted octanol–water partition coefficient (Wildman–Crippen LogP) is 1.99. The van der Waals surface area contributed by atoms with Gasteiger partial charge in [-0.1, -0.05) is 23.2 Å². The molecule has 0 saturated heterocycles. The van der Waals surface area contributed by atoms with Crippen LogP contribution in [0.5, 0.6) is 5.75 Å². The van der Waals surface area contributed by atoms with Gasteiger partial charge in [-0.15, -0.1) is 0 Å². The van der Waals surface area contributed by atoms with E-state index >= 15 is 0 Å². The van der Waals surface area contributed by atoms with E-state index in [4.69, 9.17) is 38.2 Å². The molecule has 0 spiro atoms. The topological polar surface area (TPSA) is 49.7 Å². The monoisotopic (exact) mass is 222 g/mol. The van der Waals surface area contributed by atoms with Crippen molar-refractivity contribution in [2.45, 2.75) is 6.29 Å². The first-order valence-corrected chi connectivity index (χ1v) is 4.21. The van der Waals surface area contributed by atoms with Gasteiger partial charge < -0.3 is 14.9 Å². The molecule has 0 atom stereocenters. The van der Waals surface area contributed by atoms with Crippen molar-refractivity contribution in [3.8, 4) is 5.75 Å². The predicted molar refractivity (Wildman–Crippen MR) is 50.2 cm³/mol. The zero-order valence-electron chi connectivity index (χ0n) is 6.79. The highest BCUT2D eigenvalue weighted by molar-refractivity contribution is 6.36. The summed E-state index contributed by atoms with van der Waals surface area (Å²) in [7, 11) is 1.47. The molecule has 0 radical (unpaired) electrons. The van der Waals surface area contributed by atoms with Crippen LogP contribution in [0.4, 0.5) is 0 Å². The highest BCUT2D eigenvalue weighted by atomic mass is 35.5. The number of aliphatic hydroxyl groups excluding tert-OH is 1. The summed E-state index contributed by atoms with van der Waals surface area (Å²) in [5.74, 6) is 0.472. The zero-order chi connectivity index (χ0) is 10.0. The highest BCUT2D eigenvalue weighted by Gasteiger charge is 2.14. The van der Waals surface area contributed by atoms with E-state index in [-0.39, 0.29) is 15.6 Å². The number of halogens is 2. The van der Waals surface area contributed by atoms with E-state index < -0.39 is 6.29 Å². The summed E-state index contributed by atoms with van der Waals surface area (Å²) in [6.45, 7) is 0. The fourth-order valence-corrected chi connectivity index (χ4v) is 1.59. The van der Waals surface area contributed by atoms with E-state index in [9.17, 15) is 0 Å². The first-order valence-electron chi connectivity index (χ1n) is 3.45. The number of hydrogen-bond donors (Lipinski definition) is 2. The van der Waals surface area contributed by atoms with Crippen LogP contribution in [0.2, 0.25) is 10.0 Å². The third kappa shape index (κ3) is 2.25. The van der Waals surface area contributed by atoms with E-state index in [1.165, 1.54) is 19.2 Å². The fourth-order valence-electron chi connectivity index (χ4n) is 0.926. The van der Waals surface area contributed by atoms with E-state index in [1.807, 2.05) is 0 Å². The Morgan fingerprint density at radius 1 is 1.23 bits per heavy atom. The lowest BCUT2D eigenvalue weighted by atomic mass is 10.2. The second kappa shape index (κ2) is 4.15. The van der Waals surface area contributed by atoms with E-state index in [1.54, 1.807) is 0 Å². The number of rotatable bonds is 2. The van der Waals surface area contributed by atoms with E-state index in [2.05, 4.69) is 0 Å². The fraction of sp³-hybridized carbons (Fsp3) is 0.250. The molecule has 0 amide bonds. The summed E-state index contributed by atoms with van der Waals surface area (Å²) in [5.41, 5.74) is 0.0872. The maximum atomic E-state index is 8.89. The molecule has 0 aromatic heterocycles. The Balaban J connectivity index is 3.23. The lowest BCUT2D eigenvalue weighted by Crippen LogP contribution is -1.98. The molecule has 0 fully saturated rings. The minimum absolute atomic E-state index is 0.0872. The van der Waals surface area contributed by atoms with Crippen LogP contribution < -0.4 is 4.74 Å². The molecule has 5 heteroatoms. The Hall–Kier alpha value is -0.480. The molecule has 13 heavy (non-hydrogen) atoms. The minimum atomic E-state index is -1.68. The van der Waals surface area contributed by atoms with Gasteiger partial charge in [0, 0.05) is 5.56 Å². The summed E-state index contributed by atoms with van der Waals surface area (Å²) in [6, 6.07) is 2.92. The van der Waals surface area contributed by atoms with Crippen LogP contribution in [-0.2, 0) is 0 Å². The summed E-state index contributed by atoms with van der Waals surface area (Å²) >= 11 is 11.4. The third-order valence-electron chi connectivity index (χ3n) is 1.55. The molecule has 0 unspecified atom stereocenters. The van der Waals surface area contributed by atoms with Crippen LogP contribution in [0.3, 0.4) is 0 Å². The average molecular weight is 223 g/mol. The number of hydrogen-bond acceptors (Lipinski definition) is 3. The second-order valence-electron chi connectivity index (χ2n) is 2.38. The molecule has 3 nitrogen and oxygen atoms in total. The maximum Gasteiger partial charge on any atom is 0.181 e. The number of methoxy groups -OCH3 is 1. The Kier molecular flexibility index (Phi) is 3.39. The van der Waals surface area contributed by atoms with Crippen molar-refractivity contribution in [3.63, 3.8) is 0 Å². The van der Waals surface area contributed by atoms with Gasteiger partial charge >= 0.3 is 0 Å². The molecule has 2 N–H and O–H groups in total. The molecule has 1 aromatic rings. The number of benzene rings is 1. The molecule has 72 valence electrons. The molecule has 0 aliphatic carbocycles. The van der Waals surface area contributed by atoms with Gasteiger partial charge in [0.15, 0.2) is 6.29 Å². The molecular weight excluding hydrogens is 215 g/mol. The molecule has 0 heterocycles. The zero-order valence-corrected chi connectivity index (χ0v) is 8.30. The highest BCUT2D eigenvalue weighted by Crippen LogP contribution is 2.33. The van der Waals surface area contributed by atoms with Gasteiger partial charge in [-0.2, -0.15) is 0 Å². The third-order valence-corrected chi connectivity index (χ3v) is 2.17. The Bertz CT molecular complexity index is 289. The Labute approximate surface area is 85.5 Å². The van der Waals surface area contributed by atoms with Crippen molar-refractivity contribution >= 4 is 23.2 Å². The molecule has 1 rings (SSSR count). The SMILES string of the molecule is COc1cc(Cl)c(C(O)O)c(Cl)c1. The van der Waals surface area contributed by atoms with Crippen LogP contribution in [-0.4, -0.2) is 17.3 Å². The lowest BCUT2D eigenvalue weighted by Gasteiger charge is -2.10. The standard InChI is InChI=1S/C8H8Cl2O3/c1-13-4-2-5(9)7(8(11)12)6(10)3-4/h2-3,8,11-12H,1H3. The van der Waals surface area contributed by atoms with Gasteiger partial charge in [-0.25, -0.2) is 0 Å². The van der Waals surface area contributed by atoms with Crippen molar-refractivity contribution in [3.05, 3.63) is 27.7 Å². The van der Waals surface area contributed by atoms with Crippen molar-refractivity contribution in [1.82, 2.24) is 0 Å². The van der Waals surface area contributed by atoms with Crippen molar-refractivity contribution in [1.29, 1.82) is 0 Å². The van der Waals surface area contributed by atoms with Crippen LogP contribution in [0.15, 0.2) is 12.1 Å². The largest absolute Gasteiger partial charge is 0.497 e. The number of aliphatic hydroxyl groups is 2. The molecular formula is C8H8Cl2O3. The Morgan fingerprint density at radius 3 is 2.00 bits per heavy atom. The van der Waals surface area contributed by atoms with Gasteiger partial charge in [-0.3, -0.25) is 0 Å². The van der Waals surface area contributed by atoms with E-state index in [0.717, 1.165) is 0 Å². The van der Waals surface area contributed by atoms with Gasteiger partial charge in [0.2, 0.25) is 0 Å². The lowest BCUT2D eigenvalue weighted by molar-refractivity contribution is -0.0423. The van der Waals surface area contributed by atoms with Crippen molar-refractivity contribution in [2.24, 2.45) is 0 Å². The van der Waals surface area contributed by atoms with Crippen LogP contribution in [0, 0.1) is 0 Å². The summed E-state index contributed by atoms with van der Waals surface area (Å²) in [4.78, 5) is 0. The molecule has 1 aromatic carbocycles. The summed E-state index contributed by atoms with van der Waals surface area (Å²) in [6.07, 6.45) is -1.68. The van der Waals surface area contributed by atoms with Crippen LogP contribution in [0.25, 0.3) is 0 Å². The van der Waals surface area contributed by atoms with Gasteiger partial charge in [0.25, 0.3) is 0 Å². The van der Waals surface area contributed by atoms with E-state index in [0.29, 0.717) is 5.75 Å². The molecule has 0 saturated carbocycles. The summed E-state index contributed by atoms with van der Waals surface area (Å²) < 4.78 is 4.88. The number of ether oxygens (including phenoxy) is 1. The van der Waals surface area contributed by atoms with Gasteiger partial charge in [-0.05, 0) is 12.1 Å². The average Bonchev–Trinajstić information content (AvgIpc) is 2.02. The molecule has 0 aliphatic heterocycles. The molecule has 0 bridgehead atoms. The smallest absolute Gasteiger partial charge is 0.181 e. The quantitative estimate of drug-likeness (QED) is 0.753. The first-order chi connectivity index (χ1) is 6.06. The molecule has 0 aliphatic rings. The first kappa shape index (κ1) is 10.6. The van der Waals surface area contributed by atoms with Gasteiger partial charge in [0.05, 0.1) is 17.2 Å². The minimum Gasteiger partial charge on any atom is -0.497 e. The Morgan fingerprint density at radius 2 is 1.69 bits per heavy atom. The normalized spacial score (nSPS) is 10.6. The van der Waals surface area contributed by atoms with Crippen LogP contribution >= 0.6 is 23.2 Å². The van der Waals surface area contributed by atoms with Crippen LogP contribution in [0.1, 0.15) is 11.9 Å².